The molecule has 19 heavy (non-hydrogen) atoms. The summed E-state index contributed by atoms with van der Waals surface area (Å²) in [6.07, 6.45) is 2.25. The summed E-state index contributed by atoms with van der Waals surface area (Å²) in [5.41, 5.74) is 3.87. The maximum Gasteiger partial charge on any atom is 0.138 e. The summed E-state index contributed by atoms with van der Waals surface area (Å²) in [6.45, 7) is 10.9. The molecule has 0 spiro atoms. The van der Waals surface area contributed by atoms with E-state index < -0.39 is 0 Å². The molecule has 0 amide bonds. The van der Waals surface area contributed by atoms with E-state index in [1.807, 2.05) is 11.8 Å². The van der Waals surface area contributed by atoms with Crippen LogP contribution in [0.3, 0.4) is 0 Å². The van der Waals surface area contributed by atoms with Crippen molar-refractivity contribution in [2.45, 2.75) is 64.0 Å². The molecule has 1 aliphatic heterocycles. The fraction of sp³-hybridized carbons (Fsp3) is 0.733. The van der Waals surface area contributed by atoms with Crippen LogP contribution in [-0.4, -0.2) is 21.8 Å². The molecule has 2 heterocycles. The van der Waals surface area contributed by atoms with Crippen LogP contribution in [0.4, 0.5) is 0 Å². The second-order valence-corrected chi connectivity index (χ2v) is 6.99. The van der Waals surface area contributed by atoms with Crippen LogP contribution in [0.2, 0.25) is 0 Å². The van der Waals surface area contributed by atoms with Gasteiger partial charge in [-0.2, -0.15) is 11.8 Å². The van der Waals surface area contributed by atoms with Gasteiger partial charge in [-0.1, -0.05) is 27.7 Å². The number of fused-ring (bicyclic) bond motifs is 1. The Bertz CT molecular complexity index is 432. The number of thioether (sulfide) groups is 1. The molecule has 0 saturated heterocycles. The quantitative estimate of drug-likeness (QED) is 0.897. The van der Waals surface area contributed by atoms with E-state index >= 15 is 0 Å². The number of nitrogens with zero attached hydrogens (tertiary/aromatic N) is 2. The van der Waals surface area contributed by atoms with Crippen LogP contribution < -0.4 is 5.32 Å². The summed E-state index contributed by atoms with van der Waals surface area (Å²) in [5, 5.41) is 4.11. The van der Waals surface area contributed by atoms with Crippen molar-refractivity contribution in [3.05, 3.63) is 22.8 Å². The highest BCUT2D eigenvalue weighted by atomic mass is 32.2. The summed E-state index contributed by atoms with van der Waals surface area (Å²) in [6, 6.07) is 0. The van der Waals surface area contributed by atoms with Crippen molar-refractivity contribution in [3.63, 3.8) is 0 Å². The van der Waals surface area contributed by atoms with Crippen LogP contribution in [0.15, 0.2) is 0 Å². The molecule has 0 radical (unpaired) electrons. The Kier molecular flexibility index (Phi) is 5.22. The number of rotatable bonds is 5. The van der Waals surface area contributed by atoms with E-state index in [0.717, 1.165) is 31.1 Å². The third-order valence-electron chi connectivity index (χ3n) is 3.63. The topological polar surface area (TPSA) is 37.8 Å². The number of nitrogens with one attached hydrogen (secondary N) is 1. The van der Waals surface area contributed by atoms with Crippen molar-refractivity contribution in [1.29, 1.82) is 0 Å². The van der Waals surface area contributed by atoms with E-state index in [-0.39, 0.29) is 0 Å². The Morgan fingerprint density at radius 2 is 2.05 bits per heavy atom. The first-order valence-corrected chi connectivity index (χ1v) is 8.37. The maximum atomic E-state index is 4.82. The van der Waals surface area contributed by atoms with E-state index in [1.165, 1.54) is 23.4 Å². The highest BCUT2D eigenvalue weighted by molar-refractivity contribution is 7.99. The van der Waals surface area contributed by atoms with Crippen molar-refractivity contribution < 1.29 is 0 Å². The van der Waals surface area contributed by atoms with Gasteiger partial charge in [0.05, 0.1) is 17.1 Å². The predicted octanol–water partition coefficient (Wildman–Crippen LogP) is 3.28. The van der Waals surface area contributed by atoms with Crippen molar-refractivity contribution in [2.75, 3.05) is 6.54 Å². The summed E-state index contributed by atoms with van der Waals surface area (Å²) in [4.78, 5) is 9.61. The van der Waals surface area contributed by atoms with E-state index in [9.17, 15) is 0 Å². The Morgan fingerprint density at radius 3 is 2.74 bits per heavy atom. The lowest BCUT2D eigenvalue weighted by Crippen LogP contribution is -2.27. The molecule has 1 N–H and O–H groups in total. The van der Waals surface area contributed by atoms with Crippen molar-refractivity contribution in [3.8, 4) is 0 Å². The Morgan fingerprint density at radius 1 is 1.26 bits per heavy atom. The molecule has 1 aromatic rings. The zero-order chi connectivity index (χ0) is 13.8. The van der Waals surface area contributed by atoms with E-state index in [2.05, 4.69) is 33.0 Å². The maximum absolute atomic E-state index is 4.82. The van der Waals surface area contributed by atoms with Gasteiger partial charge in [0.25, 0.3) is 0 Å². The monoisotopic (exact) mass is 279 g/mol. The zero-order valence-electron chi connectivity index (χ0n) is 12.5. The highest BCUT2D eigenvalue weighted by Crippen LogP contribution is 2.25. The Labute approximate surface area is 121 Å². The van der Waals surface area contributed by atoms with Gasteiger partial charge in [-0.3, -0.25) is 0 Å². The van der Waals surface area contributed by atoms with Crippen molar-refractivity contribution >= 4 is 11.8 Å². The van der Waals surface area contributed by atoms with Crippen LogP contribution >= 0.6 is 11.8 Å². The number of aromatic nitrogens is 2. The summed E-state index contributed by atoms with van der Waals surface area (Å²) in [7, 11) is 0. The van der Waals surface area contributed by atoms with Gasteiger partial charge in [-0.15, -0.1) is 0 Å². The SMILES string of the molecule is CCC(C)SCc1nc2c(c(C(C)C)n1)CNCC2. The van der Waals surface area contributed by atoms with Gasteiger partial charge in [0.1, 0.15) is 5.82 Å². The van der Waals surface area contributed by atoms with Crippen LogP contribution in [0, 0.1) is 0 Å². The lowest BCUT2D eigenvalue weighted by molar-refractivity contribution is 0.603. The third-order valence-corrected chi connectivity index (χ3v) is 4.96. The molecule has 4 heteroatoms. The van der Waals surface area contributed by atoms with Crippen LogP contribution in [0.1, 0.15) is 62.8 Å². The van der Waals surface area contributed by atoms with Gasteiger partial charge < -0.3 is 5.32 Å². The minimum atomic E-state index is 0.476. The normalized spacial score (nSPS) is 16.5. The highest BCUT2D eigenvalue weighted by Gasteiger charge is 2.19. The molecule has 0 saturated carbocycles. The third kappa shape index (κ3) is 3.69. The standard InChI is InChI=1S/C15H25N3S/c1-5-11(4)19-9-14-17-13-6-7-16-8-12(13)15(18-14)10(2)3/h10-11,16H,5-9H2,1-4H3. The molecule has 2 rings (SSSR count). The molecule has 0 aromatic carbocycles. The summed E-state index contributed by atoms with van der Waals surface area (Å²) in [5.74, 6) is 2.44. The second-order valence-electron chi connectivity index (χ2n) is 5.56. The number of hydrogen-bond acceptors (Lipinski definition) is 4. The van der Waals surface area contributed by atoms with Gasteiger partial charge in [0, 0.05) is 30.3 Å². The van der Waals surface area contributed by atoms with Gasteiger partial charge in [0.2, 0.25) is 0 Å². The van der Waals surface area contributed by atoms with Crippen LogP contribution in [0.5, 0.6) is 0 Å². The van der Waals surface area contributed by atoms with Gasteiger partial charge in [-0.05, 0) is 12.3 Å². The van der Waals surface area contributed by atoms with Gasteiger partial charge in [-0.25, -0.2) is 9.97 Å². The molecule has 3 nitrogen and oxygen atoms in total. The Hall–Kier alpha value is -0.610. The van der Waals surface area contributed by atoms with E-state index in [1.54, 1.807) is 0 Å². The molecule has 0 bridgehead atoms. The first-order valence-electron chi connectivity index (χ1n) is 7.32. The molecule has 1 aromatic heterocycles. The fourth-order valence-corrected chi connectivity index (χ4v) is 3.10. The largest absolute Gasteiger partial charge is 0.312 e. The van der Waals surface area contributed by atoms with Crippen LogP contribution in [-0.2, 0) is 18.7 Å². The van der Waals surface area contributed by atoms with E-state index in [0.29, 0.717) is 11.2 Å². The summed E-state index contributed by atoms with van der Waals surface area (Å²) >= 11 is 1.96. The minimum Gasteiger partial charge on any atom is -0.312 e. The lowest BCUT2D eigenvalue weighted by atomic mass is 9.98. The predicted molar refractivity (Wildman–Crippen MR) is 82.6 cm³/mol. The molecule has 1 aliphatic rings. The molecule has 1 unspecified atom stereocenters. The molecular formula is C15H25N3S. The van der Waals surface area contributed by atoms with E-state index in [4.69, 9.17) is 9.97 Å². The number of hydrogen-bond donors (Lipinski definition) is 1. The summed E-state index contributed by atoms with van der Waals surface area (Å²) < 4.78 is 0. The molecule has 1 atom stereocenters. The molecule has 106 valence electrons. The minimum absolute atomic E-state index is 0.476. The molecular weight excluding hydrogens is 254 g/mol. The smallest absolute Gasteiger partial charge is 0.138 e. The van der Waals surface area contributed by atoms with Gasteiger partial charge >= 0.3 is 0 Å². The second kappa shape index (κ2) is 6.71. The Balaban J connectivity index is 2.23. The first-order chi connectivity index (χ1) is 9.11. The lowest BCUT2D eigenvalue weighted by Gasteiger charge is -2.22. The average molecular weight is 279 g/mol. The van der Waals surface area contributed by atoms with Crippen molar-refractivity contribution in [2.24, 2.45) is 0 Å². The van der Waals surface area contributed by atoms with Crippen molar-refractivity contribution in [1.82, 2.24) is 15.3 Å². The first kappa shape index (κ1) is 14.8. The molecule has 0 aliphatic carbocycles. The van der Waals surface area contributed by atoms with Gasteiger partial charge in [0.15, 0.2) is 0 Å². The molecule has 0 fully saturated rings. The van der Waals surface area contributed by atoms with Crippen LogP contribution in [0.25, 0.3) is 0 Å². The zero-order valence-corrected chi connectivity index (χ0v) is 13.3. The average Bonchev–Trinajstić information content (AvgIpc) is 2.43. The fourth-order valence-electron chi connectivity index (χ4n) is 2.30.